The van der Waals surface area contributed by atoms with Gasteiger partial charge in [-0.2, -0.15) is 0 Å². The van der Waals surface area contributed by atoms with Crippen LogP contribution in [0, 0.1) is 0 Å². The first-order chi connectivity index (χ1) is 4.86. The molecule has 0 N–H and O–H groups in total. The van der Waals surface area contributed by atoms with E-state index >= 15 is 0 Å². The van der Waals surface area contributed by atoms with E-state index in [0.717, 1.165) is 0 Å². The van der Waals surface area contributed by atoms with Crippen molar-refractivity contribution in [2.45, 2.75) is 44.4 Å². The Morgan fingerprint density at radius 1 is 1.18 bits per heavy atom. The van der Waals surface area contributed by atoms with Crippen LogP contribution in [0.5, 0.6) is 0 Å². The van der Waals surface area contributed by atoms with Gasteiger partial charge in [-0.05, 0) is 18.2 Å². The van der Waals surface area contributed by atoms with E-state index in [9.17, 15) is 0 Å². The van der Waals surface area contributed by atoms with E-state index in [4.69, 9.17) is 0 Å². The Hall–Kier alpha value is 0.170. The van der Waals surface area contributed by atoms with E-state index in [1.165, 1.54) is 6.42 Å². The van der Waals surface area contributed by atoms with E-state index in [1.807, 2.05) is 0 Å². The number of rotatable bonds is 0. The fourth-order valence-corrected chi connectivity index (χ4v) is 3.93. The van der Waals surface area contributed by atoms with Crippen LogP contribution in [0.2, 0.25) is 0 Å². The summed E-state index contributed by atoms with van der Waals surface area (Å²) in [5.41, 5.74) is 0. The van der Waals surface area contributed by atoms with Crippen LogP contribution < -0.4 is 0 Å². The first kappa shape index (κ1) is 9.26. The molecule has 0 spiro atoms. The van der Waals surface area contributed by atoms with Crippen LogP contribution in [0.25, 0.3) is 0 Å². The van der Waals surface area contributed by atoms with Crippen molar-refractivity contribution in [3.05, 3.63) is 12.2 Å². The standard InChI is InChI=1S/C10H19P/c1-9(2)7-6-8-10(3,4)11(9)5/h6-7H,8H2,1-5H3. The van der Waals surface area contributed by atoms with Gasteiger partial charge in [0.05, 0.1) is 0 Å². The molecule has 11 heavy (non-hydrogen) atoms. The molecule has 1 aliphatic rings. The van der Waals surface area contributed by atoms with E-state index < -0.39 is 0 Å². The predicted molar refractivity (Wildman–Crippen MR) is 54.8 cm³/mol. The molecule has 1 atom stereocenters. The highest BCUT2D eigenvalue weighted by Gasteiger charge is 2.37. The average molecular weight is 170 g/mol. The fraction of sp³-hybridized carbons (Fsp3) is 0.800. The van der Waals surface area contributed by atoms with Crippen molar-refractivity contribution in [3.8, 4) is 0 Å². The maximum Gasteiger partial charge on any atom is 0.00296 e. The Morgan fingerprint density at radius 3 is 2.09 bits per heavy atom. The molecule has 0 bridgehead atoms. The van der Waals surface area contributed by atoms with Gasteiger partial charge in [0, 0.05) is 5.16 Å². The number of hydrogen-bond acceptors (Lipinski definition) is 0. The van der Waals surface area contributed by atoms with Crippen LogP contribution >= 0.6 is 7.92 Å². The Balaban J connectivity index is 2.91. The highest BCUT2D eigenvalue weighted by molar-refractivity contribution is 7.60. The summed E-state index contributed by atoms with van der Waals surface area (Å²) >= 11 is 0. The van der Waals surface area contributed by atoms with Gasteiger partial charge in [0.15, 0.2) is 0 Å². The van der Waals surface area contributed by atoms with Crippen molar-refractivity contribution in [3.63, 3.8) is 0 Å². The van der Waals surface area contributed by atoms with Crippen molar-refractivity contribution in [1.29, 1.82) is 0 Å². The molecule has 1 heteroatoms. The highest BCUT2D eigenvalue weighted by Crippen LogP contribution is 2.60. The molecule has 0 saturated heterocycles. The van der Waals surface area contributed by atoms with Crippen molar-refractivity contribution in [2.24, 2.45) is 0 Å². The van der Waals surface area contributed by atoms with E-state index in [0.29, 0.717) is 10.3 Å². The normalized spacial score (nSPS) is 33.7. The van der Waals surface area contributed by atoms with Crippen LogP contribution in [0.15, 0.2) is 12.2 Å². The Kier molecular flexibility index (Phi) is 2.18. The van der Waals surface area contributed by atoms with E-state index in [2.05, 4.69) is 46.5 Å². The third-order valence-electron chi connectivity index (χ3n) is 2.92. The summed E-state index contributed by atoms with van der Waals surface area (Å²) in [6, 6.07) is 0. The van der Waals surface area contributed by atoms with Gasteiger partial charge in [0.1, 0.15) is 0 Å². The molecule has 0 aromatic heterocycles. The Labute approximate surface area is 71.8 Å². The van der Waals surface area contributed by atoms with Gasteiger partial charge in [-0.25, -0.2) is 0 Å². The van der Waals surface area contributed by atoms with Crippen LogP contribution in [0.3, 0.4) is 0 Å². The molecule has 64 valence electrons. The van der Waals surface area contributed by atoms with Gasteiger partial charge in [-0.15, -0.1) is 0 Å². The van der Waals surface area contributed by atoms with Gasteiger partial charge >= 0.3 is 0 Å². The summed E-state index contributed by atoms with van der Waals surface area (Å²) in [6.07, 6.45) is 6.00. The lowest BCUT2D eigenvalue weighted by molar-refractivity contribution is 0.663. The van der Waals surface area contributed by atoms with Gasteiger partial charge in [-0.1, -0.05) is 47.8 Å². The van der Waals surface area contributed by atoms with E-state index in [-0.39, 0.29) is 7.92 Å². The second-order valence-corrected chi connectivity index (χ2v) is 8.11. The third kappa shape index (κ3) is 1.67. The number of hydrogen-bond donors (Lipinski definition) is 0. The SMILES string of the molecule is CP1C(C)(C)C=CCC1(C)C. The van der Waals surface area contributed by atoms with Gasteiger partial charge in [-0.3, -0.25) is 0 Å². The molecule has 0 aromatic rings. The molecule has 1 heterocycles. The largest absolute Gasteiger partial charge is 0.0940 e. The first-order valence-electron chi connectivity index (χ1n) is 4.28. The second-order valence-electron chi connectivity index (χ2n) is 4.63. The fourth-order valence-electron chi connectivity index (χ4n) is 1.66. The van der Waals surface area contributed by atoms with Gasteiger partial charge < -0.3 is 0 Å². The monoisotopic (exact) mass is 170 g/mol. The maximum absolute atomic E-state index is 2.43. The number of allylic oxidation sites excluding steroid dienone is 2. The summed E-state index contributed by atoms with van der Waals surface area (Å²) in [7, 11) is 0.135. The van der Waals surface area contributed by atoms with Crippen LogP contribution in [0.4, 0.5) is 0 Å². The smallest absolute Gasteiger partial charge is 0.00296 e. The summed E-state index contributed by atoms with van der Waals surface area (Å²) in [6.45, 7) is 11.9. The molecule has 0 amide bonds. The molecule has 0 saturated carbocycles. The van der Waals surface area contributed by atoms with Crippen molar-refractivity contribution < 1.29 is 0 Å². The summed E-state index contributed by atoms with van der Waals surface area (Å²) in [4.78, 5) is 0. The molecule has 0 nitrogen and oxygen atoms in total. The topological polar surface area (TPSA) is 0 Å². The van der Waals surface area contributed by atoms with Crippen LogP contribution in [-0.2, 0) is 0 Å². The molecular weight excluding hydrogens is 151 g/mol. The summed E-state index contributed by atoms with van der Waals surface area (Å²) in [5, 5.41) is 1.00. The lowest BCUT2D eigenvalue weighted by Crippen LogP contribution is -2.30. The minimum absolute atomic E-state index is 0.135. The maximum atomic E-state index is 2.43. The quantitative estimate of drug-likeness (QED) is 0.385. The summed E-state index contributed by atoms with van der Waals surface area (Å²) in [5.74, 6) is 0. The molecule has 0 fully saturated rings. The Morgan fingerprint density at radius 2 is 1.73 bits per heavy atom. The van der Waals surface area contributed by atoms with Crippen molar-refractivity contribution in [2.75, 3.05) is 6.66 Å². The van der Waals surface area contributed by atoms with Gasteiger partial charge in [0.2, 0.25) is 0 Å². The van der Waals surface area contributed by atoms with E-state index in [1.54, 1.807) is 0 Å². The minimum Gasteiger partial charge on any atom is -0.0940 e. The third-order valence-corrected chi connectivity index (χ3v) is 6.79. The highest BCUT2D eigenvalue weighted by atomic mass is 31.1. The second kappa shape index (κ2) is 2.59. The zero-order valence-corrected chi connectivity index (χ0v) is 9.20. The first-order valence-corrected chi connectivity index (χ1v) is 6.07. The minimum atomic E-state index is 0.135. The van der Waals surface area contributed by atoms with Gasteiger partial charge in [0.25, 0.3) is 0 Å². The summed E-state index contributed by atoms with van der Waals surface area (Å²) < 4.78 is 0. The molecule has 0 aromatic carbocycles. The molecule has 1 unspecified atom stereocenters. The molecular formula is C10H19P. The zero-order valence-electron chi connectivity index (χ0n) is 8.31. The predicted octanol–water partition coefficient (Wildman–Crippen LogP) is 3.62. The lowest BCUT2D eigenvalue weighted by atomic mass is 10.1. The van der Waals surface area contributed by atoms with Crippen LogP contribution in [0.1, 0.15) is 34.1 Å². The lowest BCUT2D eigenvalue weighted by Gasteiger charge is -2.44. The zero-order chi connectivity index (χ0) is 8.70. The molecule has 0 radical (unpaired) electrons. The average Bonchev–Trinajstić information content (AvgIpc) is 1.82. The molecule has 1 aliphatic heterocycles. The molecule has 0 aliphatic carbocycles. The Bertz CT molecular complexity index is 177. The van der Waals surface area contributed by atoms with Crippen LogP contribution in [-0.4, -0.2) is 17.0 Å². The molecule has 1 rings (SSSR count). The van der Waals surface area contributed by atoms with Crippen molar-refractivity contribution in [1.82, 2.24) is 0 Å². The van der Waals surface area contributed by atoms with Crippen molar-refractivity contribution >= 4 is 7.92 Å².